The first kappa shape index (κ1) is 21.0. The van der Waals surface area contributed by atoms with Gasteiger partial charge < -0.3 is 15.5 Å². The van der Waals surface area contributed by atoms with Crippen LogP contribution in [0.5, 0.6) is 5.75 Å². The molecule has 7 heteroatoms. The van der Waals surface area contributed by atoms with Gasteiger partial charge in [0.15, 0.2) is 0 Å². The number of carbonyl (C=O) groups is 3. The lowest BCUT2D eigenvalue weighted by molar-refractivity contribution is -0.124. The van der Waals surface area contributed by atoms with Gasteiger partial charge in [-0.25, -0.2) is 0 Å². The second-order valence-electron chi connectivity index (χ2n) is 7.47. The third kappa shape index (κ3) is 3.63. The van der Waals surface area contributed by atoms with Gasteiger partial charge in [0.05, 0.1) is 13.5 Å². The van der Waals surface area contributed by atoms with E-state index in [1.165, 1.54) is 18.9 Å². The number of methoxy groups -OCH3 is 1. The van der Waals surface area contributed by atoms with Crippen LogP contribution in [-0.4, -0.2) is 36.1 Å². The van der Waals surface area contributed by atoms with E-state index in [-0.39, 0.29) is 6.42 Å². The molecule has 1 atom stereocenters. The van der Waals surface area contributed by atoms with Crippen LogP contribution in [0.2, 0.25) is 0 Å². The van der Waals surface area contributed by atoms with E-state index in [0.29, 0.717) is 17.1 Å². The normalized spacial score (nSPS) is 18.4. The van der Waals surface area contributed by atoms with Crippen LogP contribution < -0.4 is 15.0 Å². The SMILES string of the molecule is COc1ccc(N2C(=O)C(=C=[N-])C(=O)C2(C)CC(=O)Nc2cc(C)ccc2C)cc1. The molecular formula is C23H22N3O4-. The first-order chi connectivity index (χ1) is 14.2. The first-order valence-corrected chi connectivity index (χ1v) is 9.39. The summed E-state index contributed by atoms with van der Waals surface area (Å²) in [5, 5.41) is 12.2. The Balaban J connectivity index is 1.96. The first-order valence-electron chi connectivity index (χ1n) is 9.39. The molecule has 154 valence electrons. The minimum Gasteiger partial charge on any atom is -0.763 e. The Morgan fingerprint density at radius 3 is 2.43 bits per heavy atom. The van der Waals surface area contributed by atoms with Crippen molar-refractivity contribution >= 4 is 34.8 Å². The van der Waals surface area contributed by atoms with Crippen LogP contribution in [0, 0.1) is 13.8 Å². The number of benzene rings is 2. The van der Waals surface area contributed by atoms with Gasteiger partial charge >= 0.3 is 0 Å². The predicted octanol–water partition coefficient (Wildman–Crippen LogP) is 3.18. The lowest BCUT2D eigenvalue weighted by Gasteiger charge is -2.32. The zero-order chi connectivity index (χ0) is 22.1. The number of hydrogen-bond acceptors (Lipinski definition) is 4. The smallest absolute Gasteiger partial charge is 0.268 e. The van der Waals surface area contributed by atoms with Gasteiger partial charge in [0.1, 0.15) is 16.9 Å². The Kier molecular flexibility index (Phi) is 5.58. The molecule has 1 aliphatic rings. The summed E-state index contributed by atoms with van der Waals surface area (Å²) in [6.07, 6.45) is -0.290. The zero-order valence-corrected chi connectivity index (χ0v) is 17.3. The Bertz CT molecular complexity index is 1080. The van der Waals surface area contributed by atoms with Crippen molar-refractivity contribution in [1.82, 2.24) is 0 Å². The van der Waals surface area contributed by atoms with Crippen LogP contribution in [0.4, 0.5) is 11.4 Å². The summed E-state index contributed by atoms with van der Waals surface area (Å²) in [7, 11) is 1.52. The van der Waals surface area contributed by atoms with Crippen molar-refractivity contribution in [2.24, 2.45) is 0 Å². The molecule has 2 aromatic rings. The number of carbonyl (C=O) groups excluding carboxylic acids is 3. The van der Waals surface area contributed by atoms with Crippen molar-refractivity contribution in [2.75, 3.05) is 17.3 Å². The Labute approximate surface area is 174 Å². The molecule has 1 aliphatic heterocycles. The largest absolute Gasteiger partial charge is 0.763 e. The Morgan fingerprint density at radius 1 is 1.17 bits per heavy atom. The monoisotopic (exact) mass is 404 g/mol. The van der Waals surface area contributed by atoms with Crippen molar-refractivity contribution < 1.29 is 19.1 Å². The maximum absolute atomic E-state index is 13.0. The van der Waals surface area contributed by atoms with E-state index in [9.17, 15) is 19.8 Å². The molecule has 0 radical (unpaired) electrons. The summed E-state index contributed by atoms with van der Waals surface area (Å²) in [4.78, 5) is 39.9. The van der Waals surface area contributed by atoms with Gasteiger partial charge in [-0.05, 0) is 62.2 Å². The molecule has 1 N–H and O–H groups in total. The fourth-order valence-electron chi connectivity index (χ4n) is 3.57. The summed E-state index contributed by atoms with van der Waals surface area (Å²) in [6, 6.07) is 12.2. The average Bonchev–Trinajstić information content (AvgIpc) is 2.89. The summed E-state index contributed by atoms with van der Waals surface area (Å²) in [6.45, 7) is 5.28. The quantitative estimate of drug-likeness (QED) is 0.470. The van der Waals surface area contributed by atoms with Crippen LogP contribution in [0.3, 0.4) is 0 Å². The molecular weight excluding hydrogens is 382 g/mol. The highest BCUT2D eigenvalue weighted by Crippen LogP contribution is 2.37. The van der Waals surface area contributed by atoms with Gasteiger partial charge in [-0.2, -0.15) is 0 Å². The van der Waals surface area contributed by atoms with E-state index in [1.807, 2.05) is 32.0 Å². The van der Waals surface area contributed by atoms with Crippen molar-refractivity contribution in [3.63, 3.8) is 0 Å². The van der Waals surface area contributed by atoms with Gasteiger partial charge in [0, 0.05) is 11.4 Å². The lowest BCUT2D eigenvalue weighted by atomic mass is 9.90. The minimum atomic E-state index is -1.52. The van der Waals surface area contributed by atoms with E-state index in [2.05, 4.69) is 5.32 Å². The third-order valence-corrected chi connectivity index (χ3v) is 5.24. The van der Waals surface area contributed by atoms with Crippen LogP contribution in [0.15, 0.2) is 48.0 Å². The zero-order valence-electron chi connectivity index (χ0n) is 17.3. The number of nitrogens with one attached hydrogen (secondary N) is 1. The Hall–Kier alpha value is -3.70. The number of Topliss-reactive ketones (excluding diaryl/α,β-unsaturated/α-hetero) is 1. The number of nitrogens with zero attached hydrogens (tertiary/aromatic N) is 2. The number of amides is 2. The molecule has 0 saturated carbocycles. The molecule has 1 unspecified atom stereocenters. The number of ether oxygens (including phenoxy) is 1. The van der Waals surface area contributed by atoms with Crippen LogP contribution in [0.1, 0.15) is 24.5 Å². The molecule has 3 rings (SSSR count). The van der Waals surface area contributed by atoms with Gasteiger partial charge in [-0.3, -0.25) is 25.2 Å². The number of anilines is 2. The maximum Gasteiger partial charge on any atom is 0.268 e. The molecule has 0 aliphatic carbocycles. The van der Waals surface area contributed by atoms with Gasteiger partial charge in [0.25, 0.3) is 5.91 Å². The number of ketones is 1. The number of hydrogen-bond donors (Lipinski definition) is 1. The molecule has 0 spiro atoms. The second-order valence-corrected chi connectivity index (χ2v) is 7.47. The predicted molar refractivity (Wildman–Crippen MR) is 115 cm³/mol. The molecule has 7 nitrogen and oxygen atoms in total. The average molecular weight is 404 g/mol. The van der Waals surface area contributed by atoms with E-state index >= 15 is 0 Å². The summed E-state index contributed by atoms with van der Waals surface area (Å²) >= 11 is 0. The molecule has 0 bridgehead atoms. The van der Waals surface area contributed by atoms with Gasteiger partial charge in [-0.1, -0.05) is 12.1 Å². The summed E-state index contributed by atoms with van der Waals surface area (Å²) in [5.41, 5.74) is 0.909. The van der Waals surface area contributed by atoms with Crippen LogP contribution in [0.25, 0.3) is 5.41 Å². The van der Waals surface area contributed by atoms with Crippen molar-refractivity contribution in [1.29, 1.82) is 0 Å². The topological polar surface area (TPSA) is 98.0 Å². The maximum atomic E-state index is 13.0. The minimum absolute atomic E-state index is 0.290. The van der Waals surface area contributed by atoms with E-state index in [4.69, 9.17) is 4.74 Å². The molecule has 1 heterocycles. The Morgan fingerprint density at radius 2 is 1.83 bits per heavy atom. The van der Waals surface area contributed by atoms with E-state index < -0.39 is 28.7 Å². The lowest BCUT2D eigenvalue weighted by Crippen LogP contribution is -2.49. The fourth-order valence-corrected chi connectivity index (χ4v) is 3.57. The highest BCUT2D eigenvalue weighted by atomic mass is 16.5. The fraction of sp³-hybridized carbons (Fsp3) is 0.261. The molecule has 1 saturated heterocycles. The third-order valence-electron chi connectivity index (χ3n) is 5.24. The molecule has 2 aromatic carbocycles. The molecule has 2 amide bonds. The van der Waals surface area contributed by atoms with Crippen molar-refractivity contribution in [3.8, 4) is 5.75 Å². The standard InChI is InChI=1S/C23H22N3O4/c1-14-5-6-15(2)19(11-14)25-20(27)12-23(3)21(28)18(13-24)22(29)26(23)16-7-9-17(30-4)10-8-16/h5-11H,12H2,1-4H3,(H,25,27)/q-1. The number of aryl methyl sites for hydroxylation is 2. The van der Waals surface area contributed by atoms with Crippen molar-refractivity contribution in [2.45, 2.75) is 32.7 Å². The van der Waals surface area contributed by atoms with Gasteiger partial charge in [0.2, 0.25) is 11.7 Å². The van der Waals surface area contributed by atoms with E-state index in [1.54, 1.807) is 30.1 Å². The van der Waals surface area contributed by atoms with Gasteiger partial charge in [-0.15, -0.1) is 0 Å². The van der Waals surface area contributed by atoms with Crippen molar-refractivity contribution in [3.05, 3.63) is 64.6 Å². The van der Waals surface area contributed by atoms with E-state index in [0.717, 1.165) is 11.1 Å². The highest BCUT2D eigenvalue weighted by Gasteiger charge is 2.53. The molecule has 30 heavy (non-hydrogen) atoms. The summed E-state index contributed by atoms with van der Waals surface area (Å²) < 4.78 is 5.13. The second kappa shape index (κ2) is 7.97. The summed E-state index contributed by atoms with van der Waals surface area (Å²) in [5.74, 6) is 0.475. The highest BCUT2D eigenvalue weighted by molar-refractivity contribution is 6.39. The molecule has 1 fully saturated rings. The molecule has 0 aromatic heterocycles. The number of rotatable bonds is 5. The van der Waals surface area contributed by atoms with Crippen LogP contribution >= 0.6 is 0 Å². The van der Waals surface area contributed by atoms with Crippen LogP contribution in [-0.2, 0) is 14.4 Å².